The Balaban J connectivity index is 1.99. The molecule has 0 fully saturated rings. The summed E-state index contributed by atoms with van der Waals surface area (Å²) in [6.07, 6.45) is 0.798. The number of esters is 1. The summed E-state index contributed by atoms with van der Waals surface area (Å²) in [4.78, 5) is 11.8. The summed E-state index contributed by atoms with van der Waals surface area (Å²) in [5.41, 5.74) is 3.35. The van der Waals surface area contributed by atoms with Gasteiger partial charge in [0.2, 0.25) is 0 Å². The van der Waals surface area contributed by atoms with Gasteiger partial charge in [0, 0.05) is 5.69 Å². The normalized spacial score (nSPS) is 18.5. The first-order valence-corrected chi connectivity index (χ1v) is 8.14. The Kier molecular flexibility index (Phi) is 4.26. The molecule has 1 heterocycles. The average molecular weight is 348 g/mol. The molecule has 0 bridgehead atoms. The fraction of sp³-hybridized carbons (Fsp3) is 0.316. The van der Waals surface area contributed by atoms with Gasteiger partial charge in [0.25, 0.3) is 0 Å². The van der Waals surface area contributed by atoms with E-state index in [-0.39, 0.29) is 22.4 Å². The Labute approximate surface area is 145 Å². The molecule has 24 heavy (non-hydrogen) atoms. The molecule has 126 valence electrons. The van der Waals surface area contributed by atoms with Crippen LogP contribution in [0.2, 0.25) is 5.02 Å². The van der Waals surface area contributed by atoms with Crippen molar-refractivity contribution in [2.45, 2.75) is 31.7 Å². The van der Waals surface area contributed by atoms with Crippen molar-refractivity contribution in [1.29, 1.82) is 0 Å². The number of ether oxygens (including phenoxy) is 1. The van der Waals surface area contributed by atoms with E-state index in [1.165, 1.54) is 13.2 Å². The minimum absolute atomic E-state index is 0.0228. The van der Waals surface area contributed by atoms with Crippen LogP contribution in [0.25, 0.3) is 0 Å². The van der Waals surface area contributed by atoms with Gasteiger partial charge in [-0.1, -0.05) is 31.5 Å². The summed E-state index contributed by atoms with van der Waals surface area (Å²) < 4.78 is 18.2. The van der Waals surface area contributed by atoms with Gasteiger partial charge >= 0.3 is 5.97 Å². The van der Waals surface area contributed by atoms with Crippen LogP contribution in [0.15, 0.2) is 36.4 Å². The first-order chi connectivity index (χ1) is 11.3. The van der Waals surface area contributed by atoms with Gasteiger partial charge in [-0.3, -0.25) is 0 Å². The average Bonchev–Trinajstić information content (AvgIpc) is 2.55. The molecule has 2 aromatic carbocycles. The molecule has 1 N–H and O–H groups in total. The number of carbonyl (C=O) groups excluding carboxylic acids is 1. The molecule has 3 rings (SSSR count). The minimum atomic E-state index is -0.418. The van der Waals surface area contributed by atoms with E-state index in [2.05, 4.69) is 19.2 Å². The van der Waals surface area contributed by atoms with E-state index in [0.29, 0.717) is 5.56 Å². The Morgan fingerprint density at radius 3 is 2.71 bits per heavy atom. The van der Waals surface area contributed by atoms with Crippen LogP contribution in [0.5, 0.6) is 0 Å². The van der Waals surface area contributed by atoms with Crippen molar-refractivity contribution in [2.75, 3.05) is 12.4 Å². The lowest BCUT2D eigenvalue weighted by Gasteiger charge is -2.39. The lowest BCUT2D eigenvalue weighted by atomic mass is 9.73. The molecule has 0 aliphatic carbocycles. The predicted molar refractivity (Wildman–Crippen MR) is 93.2 cm³/mol. The number of rotatable bonds is 2. The van der Waals surface area contributed by atoms with Crippen LogP contribution in [0.3, 0.4) is 0 Å². The van der Waals surface area contributed by atoms with E-state index >= 15 is 0 Å². The van der Waals surface area contributed by atoms with Crippen molar-refractivity contribution in [3.63, 3.8) is 0 Å². The molecule has 0 radical (unpaired) electrons. The van der Waals surface area contributed by atoms with Gasteiger partial charge in [-0.05, 0) is 53.3 Å². The van der Waals surface area contributed by atoms with Crippen LogP contribution in [-0.4, -0.2) is 13.1 Å². The fourth-order valence-electron chi connectivity index (χ4n) is 3.26. The van der Waals surface area contributed by atoms with E-state index in [1.54, 1.807) is 18.2 Å². The molecule has 0 spiro atoms. The van der Waals surface area contributed by atoms with Crippen LogP contribution in [0.4, 0.5) is 10.1 Å². The molecule has 3 nitrogen and oxygen atoms in total. The van der Waals surface area contributed by atoms with E-state index in [9.17, 15) is 9.18 Å². The van der Waals surface area contributed by atoms with Gasteiger partial charge in [0.15, 0.2) is 0 Å². The molecule has 0 aromatic heterocycles. The van der Waals surface area contributed by atoms with Crippen molar-refractivity contribution in [3.8, 4) is 0 Å². The van der Waals surface area contributed by atoms with Crippen LogP contribution >= 0.6 is 11.6 Å². The number of hydrogen-bond acceptors (Lipinski definition) is 3. The molecule has 1 atom stereocenters. The second-order valence-corrected chi connectivity index (χ2v) is 7.12. The largest absolute Gasteiger partial charge is 0.465 e. The van der Waals surface area contributed by atoms with Crippen molar-refractivity contribution in [2.24, 2.45) is 0 Å². The zero-order valence-corrected chi connectivity index (χ0v) is 14.6. The SMILES string of the molecule is COC(=O)c1ccc2c(c1)C(C)(C)CC(c1ccc(F)c(Cl)c1)N2. The van der Waals surface area contributed by atoms with Crippen LogP contribution < -0.4 is 5.32 Å². The lowest BCUT2D eigenvalue weighted by Crippen LogP contribution is -2.31. The van der Waals surface area contributed by atoms with Crippen molar-refractivity contribution < 1.29 is 13.9 Å². The molecular weight excluding hydrogens is 329 g/mol. The molecule has 5 heteroatoms. The van der Waals surface area contributed by atoms with Gasteiger partial charge in [-0.25, -0.2) is 9.18 Å². The first-order valence-electron chi connectivity index (χ1n) is 7.76. The number of carbonyl (C=O) groups is 1. The molecule has 1 unspecified atom stereocenters. The van der Waals surface area contributed by atoms with Crippen molar-refractivity contribution in [1.82, 2.24) is 0 Å². The van der Waals surface area contributed by atoms with Crippen molar-refractivity contribution >= 4 is 23.3 Å². The number of hydrogen-bond donors (Lipinski definition) is 1. The molecule has 1 aliphatic rings. The Morgan fingerprint density at radius 1 is 1.29 bits per heavy atom. The summed E-state index contributed by atoms with van der Waals surface area (Å²) in [5.74, 6) is -0.764. The number of fused-ring (bicyclic) bond motifs is 1. The van der Waals surface area contributed by atoms with E-state index in [0.717, 1.165) is 23.2 Å². The maximum Gasteiger partial charge on any atom is 0.337 e. The summed E-state index contributed by atoms with van der Waals surface area (Å²) in [7, 11) is 1.37. The number of methoxy groups -OCH3 is 1. The zero-order chi connectivity index (χ0) is 17.5. The van der Waals surface area contributed by atoms with Gasteiger partial charge in [0.1, 0.15) is 5.82 Å². The number of nitrogens with one attached hydrogen (secondary N) is 1. The smallest absolute Gasteiger partial charge is 0.337 e. The third-order valence-electron chi connectivity index (χ3n) is 4.56. The molecule has 1 aliphatic heterocycles. The Bertz CT molecular complexity index is 804. The van der Waals surface area contributed by atoms with Gasteiger partial charge in [-0.2, -0.15) is 0 Å². The highest BCUT2D eigenvalue weighted by atomic mass is 35.5. The maximum absolute atomic E-state index is 13.4. The maximum atomic E-state index is 13.4. The topological polar surface area (TPSA) is 38.3 Å². The first kappa shape index (κ1) is 16.8. The third kappa shape index (κ3) is 2.98. The molecule has 0 saturated heterocycles. The van der Waals surface area contributed by atoms with Crippen LogP contribution in [0.1, 0.15) is 47.8 Å². The highest BCUT2D eigenvalue weighted by Crippen LogP contribution is 2.44. The Hall–Kier alpha value is -2.07. The highest BCUT2D eigenvalue weighted by Gasteiger charge is 2.34. The van der Waals surface area contributed by atoms with Crippen molar-refractivity contribution in [3.05, 3.63) is 63.9 Å². The number of halogens is 2. The molecule has 0 amide bonds. The van der Waals surface area contributed by atoms with Gasteiger partial charge < -0.3 is 10.1 Å². The molecular formula is C19H19ClFNO2. The van der Waals surface area contributed by atoms with E-state index < -0.39 is 5.82 Å². The predicted octanol–water partition coefficient (Wildman–Crippen LogP) is 5.10. The summed E-state index contributed by atoms with van der Waals surface area (Å²) in [5, 5.41) is 3.59. The second-order valence-electron chi connectivity index (χ2n) is 6.71. The van der Waals surface area contributed by atoms with E-state index in [1.807, 2.05) is 12.1 Å². The highest BCUT2D eigenvalue weighted by molar-refractivity contribution is 6.30. The zero-order valence-electron chi connectivity index (χ0n) is 13.8. The summed E-state index contributed by atoms with van der Waals surface area (Å²) in [6, 6.07) is 10.3. The van der Waals surface area contributed by atoms with Gasteiger partial charge in [0.05, 0.1) is 23.7 Å². The summed E-state index contributed by atoms with van der Waals surface area (Å²) in [6.45, 7) is 4.26. The number of anilines is 1. The minimum Gasteiger partial charge on any atom is -0.465 e. The monoisotopic (exact) mass is 347 g/mol. The van der Waals surface area contributed by atoms with Crippen LogP contribution in [0, 0.1) is 5.82 Å². The second kappa shape index (κ2) is 6.10. The fourth-order valence-corrected chi connectivity index (χ4v) is 3.45. The summed E-state index contributed by atoms with van der Waals surface area (Å²) >= 11 is 5.92. The third-order valence-corrected chi connectivity index (χ3v) is 4.85. The van der Waals surface area contributed by atoms with Gasteiger partial charge in [-0.15, -0.1) is 0 Å². The number of benzene rings is 2. The van der Waals surface area contributed by atoms with Crippen LogP contribution in [-0.2, 0) is 10.2 Å². The standard InChI is InChI=1S/C19H19ClFNO2/c1-19(2)10-17(11-4-6-15(21)14(20)9-11)22-16-7-5-12(8-13(16)19)18(23)24-3/h4-9,17,22H,10H2,1-3H3. The Morgan fingerprint density at radius 2 is 2.04 bits per heavy atom. The lowest BCUT2D eigenvalue weighted by molar-refractivity contribution is 0.0600. The molecule has 2 aromatic rings. The molecule has 0 saturated carbocycles. The quantitative estimate of drug-likeness (QED) is 0.768. The van der Waals surface area contributed by atoms with E-state index in [4.69, 9.17) is 16.3 Å².